The quantitative estimate of drug-likeness (QED) is 0.235. The van der Waals surface area contributed by atoms with Crippen LogP contribution in [0.25, 0.3) is 0 Å². The van der Waals surface area contributed by atoms with E-state index in [0.29, 0.717) is 5.76 Å². The molecule has 4 aromatic rings. The zero-order valence-corrected chi connectivity index (χ0v) is 24.0. The van der Waals surface area contributed by atoms with Gasteiger partial charge in [0.05, 0.1) is 5.69 Å². The van der Waals surface area contributed by atoms with Crippen molar-refractivity contribution < 1.29 is 23.2 Å². The fraction of sp³-hybridized carbons (Fsp3) is 0.290. The third-order valence-electron chi connectivity index (χ3n) is 7.23. The Labute approximate surface area is 247 Å². The fourth-order valence-electron chi connectivity index (χ4n) is 5.09. The summed E-state index contributed by atoms with van der Waals surface area (Å²) < 4.78 is 24.5. The molecule has 1 fully saturated rings. The number of benzene rings is 2. The smallest absolute Gasteiger partial charge is 0.273 e. The molecule has 1 atom stereocenters. The maximum Gasteiger partial charge on any atom is 0.273 e. The summed E-state index contributed by atoms with van der Waals surface area (Å²) in [5.74, 6) is -1.63. The van der Waals surface area contributed by atoms with Crippen molar-refractivity contribution in [2.24, 2.45) is 0 Å². The zero-order valence-electron chi connectivity index (χ0n) is 23.1. The summed E-state index contributed by atoms with van der Waals surface area (Å²) in [6.07, 6.45) is 4.94. The van der Waals surface area contributed by atoms with Crippen LogP contribution in [0.4, 0.5) is 15.8 Å². The number of rotatable bonds is 9. The van der Waals surface area contributed by atoms with Crippen LogP contribution in [0.5, 0.6) is 0 Å². The fourth-order valence-corrected chi connectivity index (χ4v) is 5.83. The van der Waals surface area contributed by atoms with Crippen LogP contribution in [-0.2, 0) is 11.3 Å². The third-order valence-corrected chi connectivity index (χ3v) is 8.08. The van der Waals surface area contributed by atoms with Gasteiger partial charge in [-0.05, 0) is 67.2 Å². The van der Waals surface area contributed by atoms with Gasteiger partial charge in [-0.25, -0.2) is 4.39 Å². The van der Waals surface area contributed by atoms with Crippen molar-refractivity contribution in [3.63, 3.8) is 0 Å². The van der Waals surface area contributed by atoms with Gasteiger partial charge in [-0.15, -0.1) is 0 Å². The minimum Gasteiger partial charge on any atom is -0.464 e. The molecule has 3 amide bonds. The molecule has 0 bridgehead atoms. The Kier molecular flexibility index (Phi) is 8.97. The van der Waals surface area contributed by atoms with Crippen molar-refractivity contribution >= 4 is 40.6 Å². The zero-order chi connectivity index (χ0) is 29.6. The van der Waals surface area contributed by atoms with Gasteiger partial charge in [-0.3, -0.25) is 19.3 Å². The Hall–Kier alpha value is -4.51. The van der Waals surface area contributed by atoms with Gasteiger partial charge in [0.1, 0.15) is 22.2 Å². The summed E-state index contributed by atoms with van der Waals surface area (Å²) in [6.45, 7) is 1.91. The van der Waals surface area contributed by atoms with Gasteiger partial charge < -0.3 is 20.8 Å². The second-order valence-corrected chi connectivity index (χ2v) is 11.1. The van der Waals surface area contributed by atoms with Crippen LogP contribution >= 0.6 is 11.5 Å². The normalized spacial score (nSPS) is 14.2. The standard InChI is InChI=1S/C31H32FN5O4S/c1-19-15-16-24(41-19)27(30(39)34-18-20-9-4-2-5-10-20)37(23-14-8-11-21(32)17-23)31(40)28-25(33)26(36-42-28)29(38)35-22-12-6-3-7-13-22/h2,4-5,8-11,14-17,22,27H,3,6-7,12-13,18,33H2,1H3,(H,34,39)(H,35,38)/t27-/m0/s1. The van der Waals surface area contributed by atoms with Gasteiger partial charge in [0.15, 0.2) is 11.7 Å². The maximum absolute atomic E-state index is 14.5. The van der Waals surface area contributed by atoms with Crippen LogP contribution in [0.3, 0.4) is 0 Å². The average Bonchev–Trinajstić information content (AvgIpc) is 3.60. The molecule has 1 saturated carbocycles. The first kappa shape index (κ1) is 29.0. The molecular weight excluding hydrogens is 557 g/mol. The topological polar surface area (TPSA) is 131 Å². The Morgan fingerprint density at radius 3 is 2.52 bits per heavy atom. The number of carbonyl (C=O) groups excluding carboxylic acids is 3. The lowest BCUT2D eigenvalue weighted by Gasteiger charge is -2.29. The summed E-state index contributed by atoms with van der Waals surface area (Å²) >= 11 is 0.758. The van der Waals surface area contributed by atoms with Gasteiger partial charge in [0, 0.05) is 18.3 Å². The largest absolute Gasteiger partial charge is 0.464 e. The van der Waals surface area contributed by atoms with Crippen LogP contribution in [-0.4, -0.2) is 28.1 Å². The van der Waals surface area contributed by atoms with Crippen molar-refractivity contribution in [2.75, 3.05) is 10.6 Å². The predicted octanol–water partition coefficient (Wildman–Crippen LogP) is 5.53. The SMILES string of the molecule is Cc1ccc([C@@H](C(=O)NCc2ccccc2)N(C(=O)c2snc(C(=O)NC3CCCCC3)c2N)c2cccc(F)c2)o1. The lowest BCUT2D eigenvalue weighted by molar-refractivity contribution is -0.123. The molecule has 2 aromatic heterocycles. The van der Waals surface area contributed by atoms with E-state index >= 15 is 0 Å². The number of nitrogens with zero attached hydrogens (tertiary/aromatic N) is 2. The molecule has 2 heterocycles. The molecule has 11 heteroatoms. The lowest BCUT2D eigenvalue weighted by Crippen LogP contribution is -2.44. The first-order valence-corrected chi connectivity index (χ1v) is 14.6. The van der Waals surface area contributed by atoms with Crippen LogP contribution in [0.2, 0.25) is 0 Å². The van der Waals surface area contributed by atoms with Crippen molar-refractivity contribution in [3.05, 3.63) is 100 Å². The number of aryl methyl sites for hydroxylation is 1. The summed E-state index contributed by atoms with van der Waals surface area (Å²) in [4.78, 5) is 42.2. The molecule has 0 saturated heterocycles. The molecule has 1 aliphatic carbocycles. The van der Waals surface area contributed by atoms with Gasteiger partial charge in [-0.1, -0.05) is 55.7 Å². The molecule has 0 unspecified atom stereocenters. The second kappa shape index (κ2) is 13.0. The van der Waals surface area contributed by atoms with Crippen LogP contribution in [0.1, 0.15) is 75.4 Å². The van der Waals surface area contributed by atoms with Gasteiger partial charge in [0.2, 0.25) is 0 Å². The predicted molar refractivity (Wildman–Crippen MR) is 159 cm³/mol. The minimum atomic E-state index is -1.32. The number of amides is 3. The molecule has 4 N–H and O–H groups in total. The molecule has 0 radical (unpaired) electrons. The van der Waals surface area contributed by atoms with Crippen molar-refractivity contribution in [3.8, 4) is 0 Å². The number of halogens is 1. The highest BCUT2D eigenvalue weighted by Crippen LogP contribution is 2.34. The Balaban J connectivity index is 1.51. The molecular formula is C31H32FN5O4S. The number of hydrogen-bond donors (Lipinski definition) is 3. The third kappa shape index (κ3) is 6.52. The highest BCUT2D eigenvalue weighted by Gasteiger charge is 2.38. The summed E-state index contributed by atoms with van der Waals surface area (Å²) in [5.41, 5.74) is 7.16. The highest BCUT2D eigenvalue weighted by molar-refractivity contribution is 7.09. The number of carbonyl (C=O) groups is 3. The maximum atomic E-state index is 14.5. The average molecular weight is 590 g/mol. The van der Waals surface area contributed by atoms with E-state index in [1.165, 1.54) is 18.2 Å². The molecule has 5 rings (SSSR count). The van der Waals surface area contributed by atoms with E-state index in [1.807, 2.05) is 30.3 Å². The Bertz CT molecular complexity index is 1560. The Morgan fingerprint density at radius 1 is 1.07 bits per heavy atom. The Morgan fingerprint density at radius 2 is 1.83 bits per heavy atom. The van der Waals surface area contributed by atoms with Crippen molar-refractivity contribution in [2.45, 2.75) is 57.7 Å². The molecule has 42 heavy (non-hydrogen) atoms. The molecule has 9 nitrogen and oxygen atoms in total. The second-order valence-electron chi connectivity index (χ2n) is 10.3. The van der Waals surface area contributed by atoms with Gasteiger partial charge >= 0.3 is 0 Å². The van der Waals surface area contributed by atoms with Crippen molar-refractivity contribution in [1.82, 2.24) is 15.0 Å². The van der Waals surface area contributed by atoms with Crippen LogP contribution < -0.4 is 21.3 Å². The first-order chi connectivity index (χ1) is 20.3. The van der Waals surface area contributed by atoms with E-state index in [9.17, 15) is 18.8 Å². The lowest BCUT2D eigenvalue weighted by atomic mass is 9.95. The monoisotopic (exact) mass is 589 g/mol. The molecule has 0 aliphatic heterocycles. The van der Waals surface area contributed by atoms with E-state index < -0.39 is 29.6 Å². The van der Waals surface area contributed by atoms with Crippen molar-refractivity contribution in [1.29, 1.82) is 0 Å². The van der Waals surface area contributed by atoms with Gasteiger partial charge in [-0.2, -0.15) is 4.37 Å². The minimum absolute atomic E-state index is 0.0233. The first-order valence-electron chi connectivity index (χ1n) is 13.8. The molecule has 218 valence electrons. The van der Waals surface area contributed by atoms with Crippen LogP contribution in [0, 0.1) is 12.7 Å². The molecule has 0 spiro atoms. The number of nitrogens with two attached hydrogens (primary N) is 1. The number of anilines is 2. The number of nitrogens with one attached hydrogen (secondary N) is 2. The van der Waals surface area contributed by atoms with E-state index in [4.69, 9.17) is 10.2 Å². The summed E-state index contributed by atoms with van der Waals surface area (Å²) in [5, 5.41) is 5.84. The van der Waals surface area contributed by atoms with Gasteiger partial charge in [0.25, 0.3) is 17.7 Å². The number of hydrogen-bond acceptors (Lipinski definition) is 7. The summed E-state index contributed by atoms with van der Waals surface area (Å²) in [6, 6.07) is 16.6. The molecule has 2 aromatic carbocycles. The highest BCUT2D eigenvalue weighted by atomic mass is 32.1. The van der Waals surface area contributed by atoms with E-state index in [0.717, 1.165) is 60.2 Å². The van der Waals surface area contributed by atoms with E-state index in [1.54, 1.807) is 19.1 Å². The van der Waals surface area contributed by atoms with E-state index in [-0.39, 0.29) is 40.3 Å². The number of furan rings is 1. The number of aromatic nitrogens is 1. The van der Waals surface area contributed by atoms with E-state index in [2.05, 4.69) is 15.0 Å². The molecule has 1 aliphatic rings. The van der Waals surface area contributed by atoms with Crippen LogP contribution in [0.15, 0.2) is 71.1 Å². The summed E-state index contributed by atoms with van der Waals surface area (Å²) in [7, 11) is 0. The number of nitrogen functional groups attached to an aromatic ring is 1.